The van der Waals surface area contributed by atoms with Gasteiger partial charge in [0.05, 0.1) is 10.6 Å². The standard InChI is InChI=1S/C13H9ClN4O2/c1-7-4-8(2-3-15-7)11-16-17-12-10(14)5-9(13(19)20)6-18(11)12/h2-6H,1H3,(H,19,20). The maximum Gasteiger partial charge on any atom is 0.337 e. The SMILES string of the molecule is Cc1cc(-c2nnc3c(Cl)cc(C(=O)O)cn23)ccn1. The molecule has 0 fully saturated rings. The fourth-order valence-corrected chi connectivity index (χ4v) is 2.20. The van der Waals surface area contributed by atoms with Crippen LogP contribution in [-0.4, -0.2) is 30.7 Å². The number of rotatable bonds is 2. The van der Waals surface area contributed by atoms with Crippen molar-refractivity contribution in [3.63, 3.8) is 0 Å². The lowest BCUT2D eigenvalue weighted by Gasteiger charge is -2.03. The van der Waals surface area contributed by atoms with E-state index >= 15 is 0 Å². The third-order valence-electron chi connectivity index (χ3n) is 2.86. The molecule has 3 aromatic heterocycles. The highest BCUT2D eigenvalue weighted by atomic mass is 35.5. The van der Waals surface area contributed by atoms with E-state index in [-0.39, 0.29) is 10.6 Å². The molecule has 0 radical (unpaired) electrons. The molecule has 3 heterocycles. The highest BCUT2D eigenvalue weighted by Gasteiger charge is 2.14. The summed E-state index contributed by atoms with van der Waals surface area (Å²) in [5.74, 6) is -0.533. The summed E-state index contributed by atoms with van der Waals surface area (Å²) in [5, 5.41) is 17.4. The molecule has 0 aromatic carbocycles. The van der Waals surface area contributed by atoms with Gasteiger partial charge in [-0.25, -0.2) is 4.79 Å². The van der Waals surface area contributed by atoms with E-state index in [1.807, 2.05) is 13.0 Å². The lowest BCUT2D eigenvalue weighted by molar-refractivity contribution is 0.0696. The maximum absolute atomic E-state index is 11.1. The molecule has 0 aliphatic carbocycles. The molecule has 3 rings (SSSR count). The quantitative estimate of drug-likeness (QED) is 0.783. The molecular formula is C13H9ClN4O2. The Kier molecular flexibility index (Phi) is 2.87. The topological polar surface area (TPSA) is 80.4 Å². The van der Waals surface area contributed by atoms with Gasteiger partial charge in [-0.15, -0.1) is 10.2 Å². The van der Waals surface area contributed by atoms with Gasteiger partial charge in [0.1, 0.15) is 0 Å². The number of aromatic carboxylic acids is 1. The van der Waals surface area contributed by atoms with E-state index in [9.17, 15) is 4.79 Å². The zero-order valence-corrected chi connectivity index (χ0v) is 11.2. The Morgan fingerprint density at radius 1 is 1.35 bits per heavy atom. The summed E-state index contributed by atoms with van der Waals surface area (Å²) in [4.78, 5) is 15.2. The van der Waals surface area contributed by atoms with Gasteiger partial charge in [-0.05, 0) is 25.1 Å². The number of carbonyl (C=O) groups is 1. The van der Waals surface area contributed by atoms with Crippen LogP contribution in [-0.2, 0) is 0 Å². The van der Waals surface area contributed by atoms with Gasteiger partial charge in [0.25, 0.3) is 0 Å². The largest absolute Gasteiger partial charge is 0.478 e. The molecule has 0 aliphatic heterocycles. The highest BCUT2D eigenvalue weighted by molar-refractivity contribution is 6.33. The van der Waals surface area contributed by atoms with Crippen LogP contribution in [0.5, 0.6) is 0 Å². The van der Waals surface area contributed by atoms with Crippen molar-refractivity contribution < 1.29 is 9.90 Å². The third kappa shape index (κ3) is 2.00. The van der Waals surface area contributed by atoms with Crippen LogP contribution in [0.2, 0.25) is 5.02 Å². The average molecular weight is 289 g/mol. The van der Waals surface area contributed by atoms with E-state index in [1.165, 1.54) is 12.3 Å². The summed E-state index contributed by atoms with van der Waals surface area (Å²) >= 11 is 6.04. The first-order valence-corrected chi connectivity index (χ1v) is 6.14. The Labute approximate surface area is 118 Å². The Balaban J connectivity index is 2.29. The van der Waals surface area contributed by atoms with E-state index in [0.29, 0.717) is 11.5 Å². The Morgan fingerprint density at radius 3 is 2.85 bits per heavy atom. The Morgan fingerprint density at radius 2 is 2.15 bits per heavy atom. The van der Waals surface area contributed by atoms with Crippen LogP contribution in [0.1, 0.15) is 16.1 Å². The van der Waals surface area contributed by atoms with Crippen LogP contribution in [0.15, 0.2) is 30.6 Å². The summed E-state index contributed by atoms with van der Waals surface area (Å²) < 4.78 is 1.57. The van der Waals surface area contributed by atoms with Crippen molar-refractivity contribution in [1.29, 1.82) is 0 Å². The zero-order valence-electron chi connectivity index (χ0n) is 10.4. The lowest BCUT2D eigenvalue weighted by Crippen LogP contribution is -2.00. The third-order valence-corrected chi connectivity index (χ3v) is 3.14. The molecule has 0 saturated heterocycles. The van der Waals surface area contributed by atoms with Crippen molar-refractivity contribution in [2.24, 2.45) is 0 Å². The molecular weight excluding hydrogens is 280 g/mol. The second-order valence-corrected chi connectivity index (χ2v) is 4.69. The molecule has 0 amide bonds. The maximum atomic E-state index is 11.1. The molecule has 0 saturated carbocycles. The predicted molar refractivity (Wildman–Crippen MR) is 72.9 cm³/mol. The molecule has 0 aliphatic rings. The zero-order chi connectivity index (χ0) is 14.3. The van der Waals surface area contributed by atoms with Gasteiger partial charge in [0.2, 0.25) is 0 Å². The number of carboxylic acids is 1. The van der Waals surface area contributed by atoms with Gasteiger partial charge in [0.15, 0.2) is 11.5 Å². The number of pyridine rings is 2. The van der Waals surface area contributed by atoms with Gasteiger partial charge >= 0.3 is 5.97 Å². The summed E-state index contributed by atoms with van der Waals surface area (Å²) in [6, 6.07) is 4.98. The Bertz CT molecular complexity index is 828. The van der Waals surface area contributed by atoms with E-state index in [0.717, 1.165) is 11.3 Å². The molecule has 7 heteroatoms. The first-order valence-electron chi connectivity index (χ1n) is 5.77. The summed E-state index contributed by atoms with van der Waals surface area (Å²) in [6.07, 6.45) is 3.11. The molecule has 3 aromatic rings. The van der Waals surface area contributed by atoms with Crippen molar-refractivity contribution in [2.45, 2.75) is 6.92 Å². The summed E-state index contributed by atoms with van der Waals surface area (Å²) in [7, 11) is 0. The number of halogens is 1. The van der Waals surface area contributed by atoms with Crippen molar-refractivity contribution in [2.75, 3.05) is 0 Å². The molecule has 6 nitrogen and oxygen atoms in total. The van der Waals surface area contributed by atoms with Crippen molar-refractivity contribution in [1.82, 2.24) is 19.6 Å². The molecule has 1 N–H and O–H groups in total. The van der Waals surface area contributed by atoms with Crippen LogP contribution in [0.3, 0.4) is 0 Å². The fourth-order valence-electron chi connectivity index (χ4n) is 1.95. The normalized spacial score (nSPS) is 10.9. The molecule has 0 spiro atoms. The predicted octanol–water partition coefficient (Wildman–Crippen LogP) is 2.45. The van der Waals surface area contributed by atoms with Gasteiger partial charge in [-0.2, -0.15) is 0 Å². The number of fused-ring (bicyclic) bond motifs is 1. The van der Waals surface area contributed by atoms with Crippen LogP contribution in [0.4, 0.5) is 0 Å². The minimum atomic E-state index is -1.06. The van der Waals surface area contributed by atoms with Crippen LogP contribution in [0.25, 0.3) is 17.0 Å². The number of carboxylic acid groups (broad SMARTS) is 1. The highest BCUT2D eigenvalue weighted by Crippen LogP contribution is 2.24. The van der Waals surface area contributed by atoms with E-state index in [1.54, 1.807) is 16.7 Å². The van der Waals surface area contributed by atoms with Gasteiger partial charge in [0, 0.05) is 23.7 Å². The first-order chi connectivity index (χ1) is 9.56. The molecule has 0 unspecified atom stereocenters. The van der Waals surface area contributed by atoms with Gasteiger partial charge in [-0.3, -0.25) is 9.38 Å². The average Bonchev–Trinajstić information content (AvgIpc) is 2.83. The molecule has 100 valence electrons. The molecule has 0 bridgehead atoms. The minimum Gasteiger partial charge on any atom is -0.478 e. The summed E-state index contributed by atoms with van der Waals surface area (Å²) in [6.45, 7) is 1.86. The van der Waals surface area contributed by atoms with Crippen LogP contribution >= 0.6 is 11.6 Å². The second-order valence-electron chi connectivity index (χ2n) is 4.28. The summed E-state index contributed by atoms with van der Waals surface area (Å²) in [5.41, 5.74) is 2.12. The Hall–Kier alpha value is -2.47. The van der Waals surface area contributed by atoms with E-state index in [4.69, 9.17) is 16.7 Å². The monoisotopic (exact) mass is 288 g/mol. The lowest BCUT2D eigenvalue weighted by atomic mass is 10.2. The van der Waals surface area contributed by atoms with Crippen molar-refractivity contribution in [3.05, 3.63) is 46.9 Å². The van der Waals surface area contributed by atoms with E-state index in [2.05, 4.69) is 15.2 Å². The van der Waals surface area contributed by atoms with Gasteiger partial charge in [-0.1, -0.05) is 11.6 Å². The van der Waals surface area contributed by atoms with Crippen molar-refractivity contribution in [3.8, 4) is 11.4 Å². The first kappa shape index (κ1) is 12.6. The number of nitrogens with zero attached hydrogens (tertiary/aromatic N) is 4. The number of aromatic nitrogens is 4. The minimum absolute atomic E-state index is 0.0781. The van der Waals surface area contributed by atoms with Crippen LogP contribution < -0.4 is 0 Å². The second kappa shape index (κ2) is 4.57. The fraction of sp³-hybridized carbons (Fsp3) is 0.0769. The number of aryl methyl sites for hydroxylation is 1. The van der Waals surface area contributed by atoms with Gasteiger partial charge < -0.3 is 5.11 Å². The number of hydrogen-bond donors (Lipinski definition) is 1. The van der Waals surface area contributed by atoms with E-state index < -0.39 is 5.97 Å². The molecule has 0 atom stereocenters. The number of hydrogen-bond acceptors (Lipinski definition) is 4. The smallest absolute Gasteiger partial charge is 0.337 e. The van der Waals surface area contributed by atoms with Crippen molar-refractivity contribution >= 4 is 23.2 Å². The van der Waals surface area contributed by atoms with Crippen LogP contribution in [0, 0.1) is 6.92 Å². The molecule has 20 heavy (non-hydrogen) atoms.